The van der Waals surface area contributed by atoms with E-state index >= 15 is 0 Å². The Kier molecular flexibility index (Phi) is 2.68. The van der Waals surface area contributed by atoms with Crippen LogP contribution in [-0.2, 0) is 6.42 Å². The number of nitrogens with zero attached hydrogens (tertiary/aromatic N) is 1. The van der Waals surface area contributed by atoms with E-state index < -0.39 is 0 Å². The summed E-state index contributed by atoms with van der Waals surface area (Å²) in [6, 6.07) is 1.31. The second-order valence-electron chi connectivity index (χ2n) is 4.16. The van der Waals surface area contributed by atoms with Gasteiger partial charge in [0, 0.05) is 6.07 Å². The van der Waals surface area contributed by atoms with E-state index in [0.717, 1.165) is 0 Å². The van der Waals surface area contributed by atoms with E-state index in [-0.39, 0.29) is 16.5 Å². The molecular weight excluding hydrogens is 230 g/mol. The third-order valence-corrected chi connectivity index (χ3v) is 2.70. The Labute approximate surface area is 97.4 Å². The first kappa shape index (κ1) is 11.1. The van der Waals surface area contributed by atoms with E-state index in [9.17, 15) is 10.2 Å². The maximum absolute atomic E-state index is 9.53. The van der Waals surface area contributed by atoms with Gasteiger partial charge in [0.15, 0.2) is 17.1 Å². The second kappa shape index (κ2) is 3.87. The minimum atomic E-state index is -0.331. The fourth-order valence-corrected chi connectivity index (χ4v) is 1.92. The number of halogens is 1. The topological polar surface area (TPSA) is 66.5 Å². The molecule has 0 fully saturated rings. The number of phenols is 2. The van der Waals surface area contributed by atoms with Crippen molar-refractivity contribution in [3.63, 3.8) is 0 Å². The molecule has 0 saturated carbocycles. The van der Waals surface area contributed by atoms with Gasteiger partial charge in [-0.3, -0.25) is 0 Å². The molecule has 0 amide bonds. The highest BCUT2D eigenvalue weighted by Gasteiger charge is 2.18. The fourth-order valence-electron chi connectivity index (χ4n) is 1.62. The molecule has 86 valence electrons. The lowest BCUT2D eigenvalue weighted by Gasteiger charge is -2.03. The van der Waals surface area contributed by atoms with Crippen molar-refractivity contribution in [3.8, 4) is 11.5 Å². The summed E-state index contributed by atoms with van der Waals surface area (Å²) in [5, 5.41) is 23.5. The summed E-state index contributed by atoms with van der Waals surface area (Å²) in [7, 11) is 0. The summed E-state index contributed by atoms with van der Waals surface area (Å²) in [5.74, 6) is -0.229. The van der Waals surface area contributed by atoms with E-state index in [1.807, 2.05) is 0 Å². The molecule has 0 aliphatic rings. The molecule has 5 heteroatoms. The largest absolute Gasteiger partial charge is 0.504 e. The van der Waals surface area contributed by atoms with Crippen molar-refractivity contribution in [1.29, 1.82) is 0 Å². The Balaban J connectivity index is 2.66. The van der Waals surface area contributed by atoms with Crippen LogP contribution >= 0.6 is 11.6 Å². The van der Waals surface area contributed by atoms with Crippen molar-refractivity contribution in [2.45, 2.75) is 20.3 Å². The highest BCUT2D eigenvalue weighted by molar-refractivity contribution is 6.37. The molecule has 2 N–H and O–H groups in total. The minimum Gasteiger partial charge on any atom is -0.504 e. The summed E-state index contributed by atoms with van der Waals surface area (Å²) in [4.78, 5) is 0. The predicted molar refractivity (Wildman–Crippen MR) is 60.9 cm³/mol. The van der Waals surface area contributed by atoms with Crippen LogP contribution in [0.2, 0.25) is 5.02 Å². The van der Waals surface area contributed by atoms with Crippen LogP contribution in [0.5, 0.6) is 11.5 Å². The Morgan fingerprint density at radius 1 is 1.44 bits per heavy atom. The van der Waals surface area contributed by atoms with Crippen LogP contribution in [0, 0.1) is 5.92 Å². The number of aromatic hydroxyl groups is 2. The van der Waals surface area contributed by atoms with Crippen LogP contribution in [0.25, 0.3) is 11.0 Å². The van der Waals surface area contributed by atoms with Crippen LogP contribution in [0.4, 0.5) is 0 Å². The second-order valence-corrected chi connectivity index (χ2v) is 4.54. The van der Waals surface area contributed by atoms with Gasteiger partial charge in [-0.1, -0.05) is 30.6 Å². The van der Waals surface area contributed by atoms with Crippen molar-refractivity contribution < 1.29 is 14.7 Å². The number of hydrogen-bond acceptors (Lipinski definition) is 4. The Bertz CT molecular complexity index is 533. The average Bonchev–Trinajstić information content (AvgIpc) is 2.57. The summed E-state index contributed by atoms with van der Waals surface area (Å²) in [6.45, 7) is 4.10. The number of phenolic OH excluding ortho intramolecular Hbond substituents is 2. The molecule has 2 aromatic rings. The van der Waals surface area contributed by atoms with Crippen LogP contribution in [0.15, 0.2) is 10.6 Å². The van der Waals surface area contributed by atoms with E-state index in [4.69, 9.17) is 16.1 Å². The smallest absolute Gasteiger partial charge is 0.177 e. The first-order valence-corrected chi connectivity index (χ1v) is 5.37. The molecule has 0 atom stereocenters. The highest BCUT2D eigenvalue weighted by Crippen LogP contribution is 2.41. The van der Waals surface area contributed by atoms with Crippen molar-refractivity contribution in [2.75, 3.05) is 0 Å². The quantitative estimate of drug-likeness (QED) is 0.793. The first-order valence-electron chi connectivity index (χ1n) is 4.99. The molecule has 1 aromatic heterocycles. The number of fused-ring (bicyclic) bond motifs is 1. The maximum atomic E-state index is 9.53. The number of hydrogen-bond donors (Lipinski definition) is 2. The zero-order valence-corrected chi connectivity index (χ0v) is 9.75. The van der Waals surface area contributed by atoms with Gasteiger partial charge in [0.25, 0.3) is 0 Å². The van der Waals surface area contributed by atoms with Gasteiger partial charge in [0.05, 0.1) is 16.1 Å². The van der Waals surface area contributed by atoms with Crippen molar-refractivity contribution in [3.05, 3.63) is 16.8 Å². The van der Waals surface area contributed by atoms with Crippen LogP contribution in [0.3, 0.4) is 0 Å². The van der Waals surface area contributed by atoms with Gasteiger partial charge in [0.1, 0.15) is 0 Å². The van der Waals surface area contributed by atoms with E-state index in [0.29, 0.717) is 29.0 Å². The summed E-state index contributed by atoms with van der Waals surface area (Å²) in [6.07, 6.45) is 0.705. The van der Waals surface area contributed by atoms with Crippen LogP contribution in [0.1, 0.15) is 19.5 Å². The first-order chi connectivity index (χ1) is 7.50. The summed E-state index contributed by atoms with van der Waals surface area (Å²) >= 11 is 5.95. The lowest BCUT2D eigenvalue weighted by molar-refractivity contribution is 0.401. The van der Waals surface area contributed by atoms with Gasteiger partial charge >= 0.3 is 0 Å². The molecule has 0 unspecified atom stereocenters. The molecule has 1 heterocycles. The molecule has 0 spiro atoms. The van der Waals surface area contributed by atoms with Gasteiger partial charge in [-0.2, -0.15) is 0 Å². The van der Waals surface area contributed by atoms with E-state index in [2.05, 4.69) is 19.0 Å². The van der Waals surface area contributed by atoms with Gasteiger partial charge in [-0.15, -0.1) is 0 Å². The predicted octanol–water partition coefficient (Wildman–Crippen LogP) is 3.09. The monoisotopic (exact) mass is 241 g/mol. The van der Waals surface area contributed by atoms with Gasteiger partial charge in [-0.05, 0) is 12.3 Å². The molecule has 0 radical (unpaired) electrons. The van der Waals surface area contributed by atoms with Crippen molar-refractivity contribution in [2.24, 2.45) is 5.92 Å². The maximum Gasteiger partial charge on any atom is 0.177 e. The molecule has 0 bridgehead atoms. The lowest BCUT2D eigenvalue weighted by Crippen LogP contribution is -1.94. The van der Waals surface area contributed by atoms with Gasteiger partial charge in [0.2, 0.25) is 0 Å². The summed E-state index contributed by atoms with van der Waals surface area (Å²) < 4.78 is 5.06. The molecule has 4 nitrogen and oxygen atoms in total. The van der Waals surface area contributed by atoms with Crippen LogP contribution in [-0.4, -0.2) is 15.4 Å². The Morgan fingerprint density at radius 3 is 2.75 bits per heavy atom. The zero-order valence-electron chi connectivity index (χ0n) is 8.99. The van der Waals surface area contributed by atoms with Crippen LogP contribution < -0.4 is 0 Å². The van der Waals surface area contributed by atoms with E-state index in [1.54, 1.807) is 0 Å². The molecule has 0 aliphatic heterocycles. The number of rotatable bonds is 2. The van der Waals surface area contributed by atoms with Gasteiger partial charge in [-0.25, -0.2) is 0 Å². The molecule has 16 heavy (non-hydrogen) atoms. The minimum absolute atomic E-state index is 0.0897. The third-order valence-electron chi connectivity index (χ3n) is 2.33. The molecular formula is C11H12ClNO3. The van der Waals surface area contributed by atoms with Gasteiger partial charge < -0.3 is 14.7 Å². The molecule has 2 rings (SSSR count). The average molecular weight is 242 g/mol. The Hall–Kier alpha value is -1.42. The van der Waals surface area contributed by atoms with Crippen molar-refractivity contribution in [1.82, 2.24) is 5.16 Å². The molecule has 0 saturated heterocycles. The standard InChI is InChI=1S/C11H12ClNO3/c1-5(2)3-6-9-8(16-13-6)4-7(14)11(15)10(9)12/h4-5,14-15H,3H2,1-2H3. The number of aromatic nitrogens is 1. The highest BCUT2D eigenvalue weighted by atomic mass is 35.5. The normalized spacial score (nSPS) is 11.5. The fraction of sp³-hybridized carbons (Fsp3) is 0.364. The number of benzene rings is 1. The van der Waals surface area contributed by atoms with Crippen molar-refractivity contribution >= 4 is 22.6 Å². The summed E-state index contributed by atoms with van der Waals surface area (Å²) in [5.41, 5.74) is 1.08. The Morgan fingerprint density at radius 2 is 2.12 bits per heavy atom. The third kappa shape index (κ3) is 1.69. The zero-order chi connectivity index (χ0) is 11.9. The molecule has 1 aromatic carbocycles. The lowest BCUT2D eigenvalue weighted by atomic mass is 10.0. The SMILES string of the molecule is CC(C)Cc1noc2cc(O)c(O)c(Cl)c12. The molecule has 0 aliphatic carbocycles. The van der Waals surface area contributed by atoms with E-state index in [1.165, 1.54) is 6.07 Å².